The number of aromatic nitrogens is 1. The van der Waals surface area contributed by atoms with Gasteiger partial charge in [0.25, 0.3) is 10.0 Å². The van der Waals surface area contributed by atoms with Gasteiger partial charge in [-0.25, -0.2) is 12.4 Å². The number of aryl methyl sites for hydroxylation is 2. The van der Waals surface area contributed by atoms with Crippen LogP contribution in [0.25, 0.3) is 10.9 Å². The number of rotatable bonds is 9. The van der Waals surface area contributed by atoms with Gasteiger partial charge >= 0.3 is 5.97 Å². The minimum absolute atomic E-state index is 0.0809. The Hall–Kier alpha value is -2.80. The van der Waals surface area contributed by atoms with Crippen molar-refractivity contribution in [3.05, 3.63) is 59.8 Å². The summed E-state index contributed by atoms with van der Waals surface area (Å²) in [6.45, 7) is 2.12. The molecule has 6 nitrogen and oxygen atoms in total. The molecule has 3 rings (SSSR count). The number of carboxylic acids is 1. The van der Waals surface area contributed by atoms with Crippen molar-refractivity contribution >= 4 is 26.9 Å². The molecule has 0 radical (unpaired) electrons. The molecule has 0 amide bonds. The number of ether oxygens (including phenoxy) is 1. The van der Waals surface area contributed by atoms with Gasteiger partial charge in [0.1, 0.15) is 5.75 Å². The van der Waals surface area contributed by atoms with Crippen LogP contribution in [-0.4, -0.2) is 30.6 Å². The van der Waals surface area contributed by atoms with Crippen molar-refractivity contribution in [2.75, 3.05) is 7.11 Å². The van der Waals surface area contributed by atoms with Crippen molar-refractivity contribution in [1.29, 1.82) is 0 Å². The summed E-state index contributed by atoms with van der Waals surface area (Å²) in [5.41, 5.74) is 2.26. The maximum absolute atomic E-state index is 13.3. The van der Waals surface area contributed by atoms with Crippen LogP contribution in [0.3, 0.4) is 0 Å². The molecule has 0 atom stereocenters. The van der Waals surface area contributed by atoms with E-state index in [1.165, 1.54) is 17.3 Å². The first kappa shape index (κ1) is 20.9. The normalized spacial score (nSPS) is 11.7. The van der Waals surface area contributed by atoms with Crippen LogP contribution in [0.15, 0.2) is 53.6 Å². The third kappa shape index (κ3) is 4.45. The van der Waals surface area contributed by atoms with Crippen LogP contribution in [0.5, 0.6) is 5.75 Å². The van der Waals surface area contributed by atoms with E-state index in [9.17, 15) is 13.2 Å². The molecule has 0 saturated carbocycles. The number of nitrogens with zero attached hydrogens (tertiary/aromatic N) is 1. The maximum Gasteiger partial charge on any atom is 0.303 e. The molecule has 0 aliphatic heterocycles. The molecule has 0 aliphatic carbocycles. The topological polar surface area (TPSA) is 85.6 Å². The summed E-state index contributed by atoms with van der Waals surface area (Å²) in [7, 11) is -2.28. The Bertz CT molecular complexity index is 1110. The van der Waals surface area contributed by atoms with E-state index < -0.39 is 16.0 Å². The molecule has 1 heterocycles. The van der Waals surface area contributed by atoms with Crippen molar-refractivity contribution < 1.29 is 23.1 Å². The molecule has 0 spiro atoms. The predicted octanol–water partition coefficient (Wildman–Crippen LogP) is 4.25. The summed E-state index contributed by atoms with van der Waals surface area (Å²) in [6, 6.07) is 12.1. The van der Waals surface area contributed by atoms with Gasteiger partial charge in [-0.05, 0) is 60.7 Å². The third-order valence-corrected chi connectivity index (χ3v) is 6.66. The number of methoxy groups -OCH3 is 1. The van der Waals surface area contributed by atoms with Crippen molar-refractivity contribution in [2.24, 2.45) is 0 Å². The number of hydrogen-bond acceptors (Lipinski definition) is 4. The van der Waals surface area contributed by atoms with Crippen LogP contribution in [-0.2, 0) is 27.7 Å². The standard InChI is InChI=1S/C22H25NO5S/c1-3-4-5-16-6-10-19(11-7-16)29(26,27)23-15-17(8-13-22(24)25)20-14-18(28-2)9-12-21(20)23/h6-7,9-12,14-15H,3-5,8,13H2,1-2H3,(H,24,25). The van der Waals surface area contributed by atoms with Crippen LogP contribution in [0, 0.1) is 0 Å². The highest BCUT2D eigenvalue weighted by molar-refractivity contribution is 7.90. The van der Waals surface area contributed by atoms with E-state index >= 15 is 0 Å². The van der Waals surface area contributed by atoms with Gasteiger partial charge in [-0.15, -0.1) is 0 Å². The van der Waals surface area contributed by atoms with Gasteiger partial charge in [0.05, 0.1) is 17.5 Å². The molecular weight excluding hydrogens is 390 g/mol. The fourth-order valence-electron chi connectivity index (χ4n) is 3.33. The Morgan fingerprint density at radius 3 is 2.45 bits per heavy atom. The zero-order chi connectivity index (χ0) is 21.0. The summed E-state index contributed by atoms with van der Waals surface area (Å²) >= 11 is 0. The number of carboxylic acid groups (broad SMARTS) is 1. The molecule has 0 fully saturated rings. The minimum Gasteiger partial charge on any atom is -0.497 e. The largest absolute Gasteiger partial charge is 0.497 e. The fraction of sp³-hybridized carbons (Fsp3) is 0.318. The first-order chi connectivity index (χ1) is 13.9. The number of unbranched alkanes of at least 4 members (excludes halogenated alkanes) is 1. The van der Waals surface area contributed by atoms with E-state index in [0.717, 1.165) is 24.8 Å². The third-order valence-electron chi connectivity index (χ3n) is 4.97. The number of benzene rings is 2. The Morgan fingerprint density at radius 1 is 1.10 bits per heavy atom. The molecule has 1 aromatic heterocycles. The summed E-state index contributed by atoms with van der Waals surface area (Å²) in [6.07, 6.45) is 4.73. The van der Waals surface area contributed by atoms with E-state index in [-0.39, 0.29) is 17.7 Å². The Morgan fingerprint density at radius 2 is 1.83 bits per heavy atom. The lowest BCUT2D eigenvalue weighted by molar-refractivity contribution is -0.136. The van der Waals surface area contributed by atoms with Gasteiger partial charge in [-0.1, -0.05) is 25.5 Å². The molecule has 0 aliphatic rings. The molecule has 0 unspecified atom stereocenters. The van der Waals surface area contributed by atoms with Gasteiger partial charge in [0.15, 0.2) is 0 Å². The monoisotopic (exact) mass is 415 g/mol. The molecular formula is C22H25NO5S. The number of carbonyl (C=O) groups is 1. The zero-order valence-corrected chi connectivity index (χ0v) is 17.4. The van der Waals surface area contributed by atoms with E-state index in [2.05, 4.69) is 6.92 Å². The predicted molar refractivity (Wildman–Crippen MR) is 112 cm³/mol. The second-order valence-electron chi connectivity index (χ2n) is 6.98. The summed E-state index contributed by atoms with van der Waals surface area (Å²) in [4.78, 5) is 11.2. The quantitative estimate of drug-likeness (QED) is 0.565. The highest BCUT2D eigenvalue weighted by Gasteiger charge is 2.22. The van der Waals surface area contributed by atoms with Crippen LogP contribution < -0.4 is 4.74 Å². The van der Waals surface area contributed by atoms with E-state index in [1.54, 1.807) is 30.3 Å². The summed E-state index contributed by atoms with van der Waals surface area (Å²) in [5, 5.41) is 9.70. The Labute approximate surface area is 170 Å². The molecule has 0 bridgehead atoms. The lowest BCUT2D eigenvalue weighted by Crippen LogP contribution is -2.12. The summed E-state index contributed by atoms with van der Waals surface area (Å²) in [5.74, 6) is -0.344. The van der Waals surface area contributed by atoms with Gasteiger partial charge in [-0.3, -0.25) is 4.79 Å². The highest BCUT2D eigenvalue weighted by Crippen LogP contribution is 2.30. The molecule has 154 valence electrons. The second-order valence-corrected chi connectivity index (χ2v) is 8.79. The number of aliphatic carboxylic acids is 1. The minimum atomic E-state index is -3.81. The number of fused-ring (bicyclic) bond motifs is 1. The Kier molecular flexibility index (Phi) is 6.27. The lowest BCUT2D eigenvalue weighted by Gasteiger charge is -2.09. The van der Waals surface area contributed by atoms with Crippen LogP contribution in [0.4, 0.5) is 0 Å². The van der Waals surface area contributed by atoms with Crippen LogP contribution in [0.2, 0.25) is 0 Å². The van der Waals surface area contributed by atoms with Gasteiger partial charge in [0, 0.05) is 18.0 Å². The first-order valence-electron chi connectivity index (χ1n) is 9.61. The highest BCUT2D eigenvalue weighted by atomic mass is 32.2. The van der Waals surface area contributed by atoms with Crippen LogP contribution >= 0.6 is 0 Å². The smallest absolute Gasteiger partial charge is 0.303 e. The van der Waals surface area contributed by atoms with Gasteiger partial charge < -0.3 is 9.84 Å². The average Bonchev–Trinajstić information content (AvgIpc) is 3.09. The maximum atomic E-state index is 13.3. The van der Waals surface area contributed by atoms with E-state index in [0.29, 0.717) is 22.2 Å². The fourth-order valence-corrected chi connectivity index (χ4v) is 4.73. The van der Waals surface area contributed by atoms with E-state index in [1.807, 2.05) is 12.1 Å². The van der Waals surface area contributed by atoms with Crippen molar-refractivity contribution in [3.63, 3.8) is 0 Å². The molecule has 1 N–H and O–H groups in total. The van der Waals surface area contributed by atoms with Crippen LogP contribution in [0.1, 0.15) is 37.3 Å². The zero-order valence-electron chi connectivity index (χ0n) is 16.6. The molecule has 29 heavy (non-hydrogen) atoms. The SMILES string of the molecule is CCCCc1ccc(S(=O)(=O)n2cc(CCC(=O)O)c3cc(OC)ccc32)cc1. The second kappa shape index (κ2) is 8.69. The van der Waals surface area contributed by atoms with Crippen molar-refractivity contribution in [3.8, 4) is 5.75 Å². The first-order valence-corrected chi connectivity index (χ1v) is 11.0. The molecule has 2 aromatic carbocycles. The molecule has 3 aromatic rings. The van der Waals surface area contributed by atoms with Crippen molar-refractivity contribution in [2.45, 2.75) is 43.9 Å². The van der Waals surface area contributed by atoms with Crippen molar-refractivity contribution in [1.82, 2.24) is 3.97 Å². The lowest BCUT2D eigenvalue weighted by atomic mass is 10.1. The molecule has 7 heteroatoms. The van der Waals surface area contributed by atoms with E-state index in [4.69, 9.17) is 9.84 Å². The summed E-state index contributed by atoms with van der Waals surface area (Å²) < 4.78 is 33.1. The Balaban J connectivity index is 2.06. The molecule has 0 saturated heterocycles. The number of hydrogen-bond donors (Lipinski definition) is 1. The van der Waals surface area contributed by atoms with Gasteiger partial charge in [0.2, 0.25) is 0 Å². The van der Waals surface area contributed by atoms with Gasteiger partial charge in [-0.2, -0.15) is 0 Å². The average molecular weight is 416 g/mol.